The minimum Gasteiger partial charge on any atom is -0.441 e. The summed E-state index contributed by atoms with van der Waals surface area (Å²) in [4.78, 5) is 7.37. The van der Waals surface area contributed by atoms with Crippen LogP contribution in [0.5, 0.6) is 0 Å². The van der Waals surface area contributed by atoms with E-state index >= 15 is 0 Å². The van der Waals surface area contributed by atoms with Crippen molar-refractivity contribution in [1.82, 2.24) is 14.2 Å². The van der Waals surface area contributed by atoms with Crippen LogP contribution >= 0.6 is 0 Å². The van der Waals surface area contributed by atoms with Crippen LogP contribution in [-0.4, -0.2) is 48.8 Å². The number of oxazole rings is 1. The van der Waals surface area contributed by atoms with Crippen LogP contribution in [0.3, 0.4) is 0 Å². The molecule has 2 heterocycles. The fourth-order valence-electron chi connectivity index (χ4n) is 4.09. The third-order valence-corrected chi connectivity index (χ3v) is 8.35. The van der Waals surface area contributed by atoms with Crippen LogP contribution in [0, 0.1) is 34.6 Å². The van der Waals surface area contributed by atoms with Gasteiger partial charge in [-0.05, 0) is 69.5 Å². The average molecular weight is 454 g/mol. The number of hydrogen-bond donors (Lipinski definition) is 0. The maximum Gasteiger partial charge on any atom is 0.243 e. The largest absolute Gasteiger partial charge is 0.441 e. The number of aryl methyl sites for hydroxylation is 5. The lowest BCUT2D eigenvalue weighted by molar-refractivity contribution is 0.179. The van der Waals surface area contributed by atoms with Crippen LogP contribution in [-0.2, 0) is 16.6 Å². The summed E-state index contributed by atoms with van der Waals surface area (Å²) in [5, 5.41) is 0. The summed E-state index contributed by atoms with van der Waals surface area (Å²) in [5.41, 5.74) is 5.97. The molecular formula is C25H31N3O3S. The van der Waals surface area contributed by atoms with Crippen molar-refractivity contribution in [2.24, 2.45) is 0 Å². The van der Waals surface area contributed by atoms with Crippen molar-refractivity contribution in [3.63, 3.8) is 0 Å². The van der Waals surface area contributed by atoms with E-state index in [1.807, 2.05) is 58.0 Å². The molecular weight excluding hydrogens is 422 g/mol. The van der Waals surface area contributed by atoms with E-state index in [0.29, 0.717) is 43.5 Å². The molecule has 32 heavy (non-hydrogen) atoms. The number of hydrogen-bond acceptors (Lipinski definition) is 5. The number of nitrogens with zero attached hydrogens (tertiary/aromatic N) is 3. The van der Waals surface area contributed by atoms with Crippen molar-refractivity contribution in [1.29, 1.82) is 0 Å². The first-order chi connectivity index (χ1) is 15.1. The molecule has 0 radical (unpaired) electrons. The molecule has 2 aromatic carbocycles. The zero-order valence-corrected chi connectivity index (χ0v) is 20.3. The van der Waals surface area contributed by atoms with Gasteiger partial charge in [-0.2, -0.15) is 4.31 Å². The van der Waals surface area contributed by atoms with Gasteiger partial charge in [0.15, 0.2) is 0 Å². The Hall–Kier alpha value is -2.48. The molecule has 1 saturated heterocycles. The van der Waals surface area contributed by atoms with Gasteiger partial charge in [-0.3, -0.25) is 4.90 Å². The molecule has 4 rings (SSSR count). The average Bonchev–Trinajstić information content (AvgIpc) is 3.11. The molecule has 1 aliphatic rings. The quantitative estimate of drug-likeness (QED) is 0.573. The highest BCUT2D eigenvalue weighted by molar-refractivity contribution is 7.89. The normalized spacial score (nSPS) is 15.9. The fraction of sp³-hybridized carbons (Fsp3) is 0.400. The van der Waals surface area contributed by atoms with Crippen molar-refractivity contribution in [3.8, 4) is 11.5 Å². The molecule has 1 aliphatic heterocycles. The lowest BCUT2D eigenvalue weighted by atomic mass is 10.1. The van der Waals surface area contributed by atoms with Crippen molar-refractivity contribution in [2.75, 3.05) is 26.2 Å². The summed E-state index contributed by atoms with van der Waals surface area (Å²) in [5.74, 6) is 1.44. The second kappa shape index (κ2) is 8.81. The first-order valence-corrected chi connectivity index (χ1v) is 12.4. The van der Waals surface area contributed by atoms with Gasteiger partial charge in [0.2, 0.25) is 15.9 Å². The number of benzene rings is 2. The van der Waals surface area contributed by atoms with Crippen LogP contribution in [0.25, 0.3) is 11.5 Å². The second-order valence-electron chi connectivity index (χ2n) is 8.77. The Morgan fingerprint density at radius 3 is 2.16 bits per heavy atom. The van der Waals surface area contributed by atoms with E-state index in [-0.39, 0.29) is 0 Å². The molecule has 0 bridgehead atoms. The monoisotopic (exact) mass is 453 g/mol. The lowest BCUT2D eigenvalue weighted by Crippen LogP contribution is -2.48. The summed E-state index contributed by atoms with van der Waals surface area (Å²) in [6, 6.07) is 11.9. The molecule has 3 aromatic rings. The van der Waals surface area contributed by atoms with Gasteiger partial charge in [0.25, 0.3) is 0 Å². The van der Waals surface area contributed by atoms with E-state index in [4.69, 9.17) is 9.40 Å². The molecule has 0 atom stereocenters. The number of rotatable bonds is 5. The van der Waals surface area contributed by atoms with E-state index < -0.39 is 10.0 Å². The van der Waals surface area contributed by atoms with E-state index in [1.54, 1.807) is 10.4 Å². The summed E-state index contributed by atoms with van der Waals surface area (Å²) in [7, 11) is -3.50. The molecule has 7 heteroatoms. The van der Waals surface area contributed by atoms with Gasteiger partial charge in [0.1, 0.15) is 5.76 Å². The maximum atomic E-state index is 13.3. The summed E-state index contributed by atoms with van der Waals surface area (Å²) in [6.45, 7) is 12.7. The zero-order chi connectivity index (χ0) is 23.0. The molecule has 1 fully saturated rings. The van der Waals surface area contributed by atoms with Crippen LogP contribution in [0.15, 0.2) is 45.7 Å². The molecule has 0 unspecified atom stereocenters. The van der Waals surface area contributed by atoms with Crippen molar-refractivity contribution in [3.05, 3.63) is 70.1 Å². The number of sulfonamides is 1. The van der Waals surface area contributed by atoms with E-state index in [9.17, 15) is 8.42 Å². The smallest absolute Gasteiger partial charge is 0.243 e. The third kappa shape index (κ3) is 4.51. The Morgan fingerprint density at radius 1 is 0.875 bits per heavy atom. The second-order valence-corrected chi connectivity index (χ2v) is 10.7. The van der Waals surface area contributed by atoms with Crippen LogP contribution in [0.1, 0.15) is 33.7 Å². The molecule has 170 valence electrons. The molecule has 0 spiro atoms. The van der Waals surface area contributed by atoms with Gasteiger partial charge >= 0.3 is 0 Å². The highest BCUT2D eigenvalue weighted by Gasteiger charge is 2.30. The first-order valence-electron chi connectivity index (χ1n) is 11.0. The molecule has 0 saturated carbocycles. The standard InChI is InChI=1S/C25H31N3O3S/c1-17-6-8-22(9-7-17)25-26-23(21(5)31-25)16-27-10-12-28(13-11-27)32(29,30)24-15-19(3)18(2)14-20(24)4/h6-9,14-15H,10-13,16H2,1-5H3. The molecule has 6 nitrogen and oxygen atoms in total. The highest BCUT2D eigenvalue weighted by Crippen LogP contribution is 2.26. The van der Waals surface area contributed by atoms with Gasteiger partial charge < -0.3 is 4.42 Å². The lowest BCUT2D eigenvalue weighted by Gasteiger charge is -2.34. The molecule has 0 N–H and O–H groups in total. The van der Waals surface area contributed by atoms with E-state index in [0.717, 1.165) is 33.7 Å². The van der Waals surface area contributed by atoms with Crippen LogP contribution in [0.4, 0.5) is 0 Å². The van der Waals surface area contributed by atoms with Crippen molar-refractivity contribution < 1.29 is 12.8 Å². The molecule has 1 aromatic heterocycles. The minimum absolute atomic E-state index is 0.420. The Kier molecular flexibility index (Phi) is 6.25. The third-order valence-electron chi connectivity index (χ3n) is 6.30. The number of aromatic nitrogens is 1. The molecule has 0 aliphatic carbocycles. The maximum absolute atomic E-state index is 13.3. The number of piperazine rings is 1. The molecule has 0 amide bonds. The first kappa shape index (κ1) is 22.7. The Balaban J connectivity index is 1.43. The van der Waals surface area contributed by atoms with Crippen molar-refractivity contribution in [2.45, 2.75) is 46.1 Å². The fourth-order valence-corrected chi connectivity index (χ4v) is 5.80. The van der Waals surface area contributed by atoms with Crippen LogP contribution in [0.2, 0.25) is 0 Å². The Morgan fingerprint density at radius 2 is 1.50 bits per heavy atom. The summed E-state index contributed by atoms with van der Waals surface area (Å²) >= 11 is 0. The SMILES string of the molecule is Cc1ccc(-c2nc(CN3CCN(S(=O)(=O)c4cc(C)c(C)cc4C)CC3)c(C)o2)cc1. The minimum atomic E-state index is -3.50. The van der Waals surface area contributed by atoms with E-state index in [2.05, 4.69) is 11.8 Å². The van der Waals surface area contributed by atoms with Gasteiger partial charge in [-0.1, -0.05) is 23.8 Å². The Bertz CT molecular complexity index is 1220. The van der Waals surface area contributed by atoms with Gasteiger partial charge in [-0.25, -0.2) is 13.4 Å². The van der Waals surface area contributed by atoms with Gasteiger partial charge in [0, 0.05) is 38.3 Å². The van der Waals surface area contributed by atoms with Gasteiger partial charge in [0.05, 0.1) is 10.6 Å². The summed E-state index contributed by atoms with van der Waals surface area (Å²) < 4.78 is 34.0. The topological polar surface area (TPSA) is 66.7 Å². The van der Waals surface area contributed by atoms with Crippen molar-refractivity contribution >= 4 is 10.0 Å². The van der Waals surface area contributed by atoms with E-state index in [1.165, 1.54) is 5.56 Å². The predicted octanol–water partition coefficient (Wildman–Crippen LogP) is 4.39. The highest BCUT2D eigenvalue weighted by atomic mass is 32.2. The van der Waals surface area contributed by atoms with Crippen LogP contribution < -0.4 is 0 Å². The zero-order valence-electron chi connectivity index (χ0n) is 19.5. The Labute approximate surface area is 190 Å². The predicted molar refractivity (Wildman–Crippen MR) is 126 cm³/mol. The summed E-state index contributed by atoms with van der Waals surface area (Å²) in [6.07, 6.45) is 0. The van der Waals surface area contributed by atoms with Gasteiger partial charge in [-0.15, -0.1) is 0 Å².